The zero-order valence-electron chi connectivity index (χ0n) is 12.0. The normalized spacial score (nSPS) is 10.3. The molecule has 0 unspecified atom stereocenters. The lowest BCUT2D eigenvalue weighted by Crippen LogP contribution is -2.27. The summed E-state index contributed by atoms with van der Waals surface area (Å²) in [4.78, 5) is 12.1. The molecule has 1 heterocycles. The van der Waals surface area contributed by atoms with Crippen molar-refractivity contribution in [3.8, 4) is 0 Å². The second-order valence-electron chi connectivity index (χ2n) is 4.64. The Morgan fingerprint density at radius 1 is 1.40 bits per heavy atom. The van der Waals surface area contributed by atoms with Gasteiger partial charge in [-0.3, -0.25) is 4.79 Å². The molecule has 1 aromatic carbocycles. The van der Waals surface area contributed by atoms with E-state index in [9.17, 15) is 4.79 Å². The summed E-state index contributed by atoms with van der Waals surface area (Å²) in [6.07, 6.45) is 2.31. The Hall–Kier alpha value is -2.37. The number of nitrogens with zero attached hydrogens (tertiary/aromatic N) is 3. The molecule has 6 nitrogen and oxygen atoms in total. The first-order valence-electron chi connectivity index (χ1n) is 6.51. The lowest BCUT2D eigenvalue weighted by Gasteiger charge is -2.09. The fraction of sp³-hybridized carbons (Fsp3) is 0.357. The third kappa shape index (κ3) is 3.14. The fourth-order valence-corrected chi connectivity index (χ4v) is 1.99. The molecule has 1 aromatic heterocycles. The number of aromatic nitrogens is 3. The van der Waals surface area contributed by atoms with E-state index in [1.165, 1.54) is 0 Å². The van der Waals surface area contributed by atoms with Gasteiger partial charge in [0.05, 0.1) is 0 Å². The summed E-state index contributed by atoms with van der Waals surface area (Å²) >= 11 is 0. The Morgan fingerprint density at radius 2 is 2.20 bits per heavy atom. The Labute approximate surface area is 118 Å². The fourth-order valence-electron chi connectivity index (χ4n) is 1.99. The van der Waals surface area contributed by atoms with Gasteiger partial charge in [0.25, 0.3) is 5.91 Å². The maximum Gasteiger partial charge on any atom is 0.251 e. The molecule has 2 rings (SSSR count). The number of carbonyl (C=O) groups is 1. The molecule has 0 bridgehead atoms. The summed E-state index contributed by atoms with van der Waals surface area (Å²) in [5.41, 5.74) is 2.65. The van der Waals surface area contributed by atoms with Crippen LogP contribution in [0.3, 0.4) is 0 Å². The molecule has 1 amide bonds. The van der Waals surface area contributed by atoms with Crippen LogP contribution in [0.25, 0.3) is 0 Å². The predicted octanol–water partition coefficient (Wildman–Crippen LogP) is 1.14. The van der Waals surface area contributed by atoms with Crippen molar-refractivity contribution in [3.05, 3.63) is 41.5 Å². The number of aryl methyl sites for hydroxylation is 2. The van der Waals surface area contributed by atoms with Crippen molar-refractivity contribution in [2.75, 3.05) is 18.9 Å². The van der Waals surface area contributed by atoms with E-state index in [2.05, 4.69) is 20.8 Å². The van der Waals surface area contributed by atoms with Crippen LogP contribution >= 0.6 is 0 Å². The standard InChI is InChI=1S/C14H19N5O/c1-10-8-11(15-2)4-5-12(10)14(20)16-7-6-13-18-17-9-19(13)3/h4-5,8-9,15H,6-7H2,1-3H3,(H,16,20). The number of anilines is 1. The molecule has 0 saturated heterocycles. The van der Waals surface area contributed by atoms with Gasteiger partial charge in [0, 0.05) is 38.3 Å². The van der Waals surface area contributed by atoms with Crippen LogP contribution in [0.1, 0.15) is 21.7 Å². The maximum atomic E-state index is 12.1. The third-order valence-corrected chi connectivity index (χ3v) is 3.20. The summed E-state index contributed by atoms with van der Waals surface area (Å²) in [7, 11) is 3.74. The number of hydrogen-bond acceptors (Lipinski definition) is 4. The minimum absolute atomic E-state index is 0.0627. The quantitative estimate of drug-likeness (QED) is 0.857. The van der Waals surface area contributed by atoms with Crippen molar-refractivity contribution in [2.45, 2.75) is 13.3 Å². The van der Waals surface area contributed by atoms with Gasteiger partial charge in [-0.1, -0.05) is 0 Å². The number of amides is 1. The smallest absolute Gasteiger partial charge is 0.251 e. The van der Waals surface area contributed by atoms with E-state index >= 15 is 0 Å². The first kappa shape index (κ1) is 14.0. The van der Waals surface area contributed by atoms with Crippen molar-refractivity contribution in [3.63, 3.8) is 0 Å². The number of hydrogen-bond donors (Lipinski definition) is 2. The Bertz CT molecular complexity index is 605. The van der Waals surface area contributed by atoms with E-state index in [4.69, 9.17) is 0 Å². The highest BCUT2D eigenvalue weighted by Crippen LogP contribution is 2.14. The third-order valence-electron chi connectivity index (χ3n) is 3.20. The van der Waals surface area contributed by atoms with E-state index in [0.29, 0.717) is 18.5 Å². The number of rotatable bonds is 5. The Morgan fingerprint density at radius 3 is 2.80 bits per heavy atom. The number of benzene rings is 1. The summed E-state index contributed by atoms with van der Waals surface area (Å²) in [6.45, 7) is 2.47. The van der Waals surface area contributed by atoms with Gasteiger partial charge in [0.15, 0.2) is 0 Å². The molecule has 0 radical (unpaired) electrons. The maximum absolute atomic E-state index is 12.1. The van der Waals surface area contributed by atoms with Crippen molar-refractivity contribution in [1.29, 1.82) is 0 Å². The van der Waals surface area contributed by atoms with Crippen molar-refractivity contribution in [2.24, 2.45) is 7.05 Å². The molecule has 0 fully saturated rings. The van der Waals surface area contributed by atoms with E-state index < -0.39 is 0 Å². The summed E-state index contributed by atoms with van der Waals surface area (Å²) in [5, 5.41) is 13.7. The first-order valence-corrected chi connectivity index (χ1v) is 6.51. The summed E-state index contributed by atoms with van der Waals surface area (Å²) in [6, 6.07) is 5.68. The van der Waals surface area contributed by atoms with E-state index in [1.807, 2.05) is 43.8 Å². The first-order chi connectivity index (χ1) is 9.61. The van der Waals surface area contributed by atoms with Gasteiger partial charge in [-0.15, -0.1) is 10.2 Å². The second-order valence-corrected chi connectivity index (χ2v) is 4.64. The van der Waals surface area contributed by atoms with Crippen LogP contribution in [0.4, 0.5) is 5.69 Å². The minimum Gasteiger partial charge on any atom is -0.388 e. The van der Waals surface area contributed by atoms with Crippen LogP contribution in [0.15, 0.2) is 24.5 Å². The molecule has 0 aliphatic carbocycles. The second kappa shape index (κ2) is 6.18. The zero-order chi connectivity index (χ0) is 14.5. The van der Waals surface area contributed by atoms with Gasteiger partial charge in [0.2, 0.25) is 0 Å². The van der Waals surface area contributed by atoms with Gasteiger partial charge >= 0.3 is 0 Å². The predicted molar refractivity (Wildman–Crippen MR) is 77.8 cm³/mol. The minimum atomic E-state index is -0.0627. The number of carbonyl (C=O) groups excluding carboxylic acids is 1. The molecule has 6 heteroatoms. The van der Waals surface area contributed by atoms with Gasteiger partial charge in [0.1, 0.15) is 12.2 Å². The van der Waals surface area contributed by atoms with Gasteiger partial charge in [-0.05, 0) is 30.7 Å². The van der Waals surface area contributed by atoms with Crippen LogP contribution in [0, 0.1) is 6.92 Å². The summed E-state index contributed by atoms with van der Waals surface area (Å²) in [5.74, 6) is 0.792. The van der Waals surface area contributed by atoms with Crippen molar-refractivity contribution in [1.82, 2.24) is 20.1 Å². The molecular weight excluding hydrogens is 254 g/mol. The highest BCUT2D eigenvalue weighted by molar-refractivity contribution is 5.96. The molecule has 0 aliphatic rings. The molecule has 2 aromatic rings. The number of nitrogens with one attached hydrogen (secondary N) is 2. The Kier molecular flexibility index (Phi) is 4.34. The van der Waals surface area contributed by atoms with Gasteiger partial charge in [-0.25, -0.2) is 0 Å². The monoisotopic (exact) mass is 273 g/mol. The van der Waals surface area contributed by atoms with E-state index in [1.54, 1.807) is 6.33 Å². The van der Waals surface area contributed by atoms with Crippen molar-refractivity contribution >= 4 is 11.6 Å². The van der Waals surface area contributed by atoms with Crippen LogP contribution in [0.5, 0.6) is 0 Å². The topological polar surface area (TPSA) is 71.8 Å². The Balaban J connectivity index is 1.93. The molecule has 2 N–H and O–H groups in total. The molecular formula is C14H19N5O. The molecule has 20 heavy (non-hydrogen) atoms. The molecule has 106 valence electrons. The highest BCUT2D eigenvalue weighted by atomic mass is 16.1. The van der Waals surface area contributed by atoms with E-state index in [0.717, 1.165) is 17.1 Å². The SMILES string of the molecule is CNc1ccc(C(=O)NCCc2nncn2C)c(C)c1. The highest BCUT2D eigenvalue weighted by Gasteiger charge is 2.09. The summed E-state index contributed by atoms with van der Waals surface area (Å²) < 4.78 is 1.85. The lowest BCUT2D eigenvalue weighted by molar-refractivity contribution is 0.0953. The van der Waals surface area contributed by atoms with Gasteiger partial charge in [-0.2, -0.15) is 0 Å². The van der Waals surface area contributed by atoms with E-state index in [-0.39, 0.29) is 5.91 Å². The molecule has 0 atom stereocenters. The zero-order valence-corrected chi connectivity index (χ0v) is 12.0. The van der Waals surface area contributed by atoms with Crippen LogP contribution < -0.4 is 10.6 Å². The average Bonchev–Trinajstić information content (AvgIpc) is 2.84. The lowest BCUT2D eigenvalue weighted by atomic mass is 10.1. The van der Waals surface area contributed by atoms with Crippen LogP contribution in [0.2, 0.25) is 0 Å². The van der Waals surface area contributed by atoms with Crippen molar-refractivity contribution < 1.29 is 4.79 Å². The van der Waals surface area contributed by atoms with Gasteiger partial charge < -0.3 is 15.2 Å². The van der Waals surface area contributed by atoms with Crippen LogP contribution in [-0.2, 0) is 13.5 Å². The molecule has 0 spiro atoms. The molecule has 0 aliphatic heterocycles. The van der Waals surface area contributed by atoms with Crippen LogP contribution in [-0.4, -0.2) is 34.3 Å². The average molecular weight is 273 g/mol. The largest absolute Gasteiger partial charge is 0.388 e. The molecule has 0 saturated carbocycles.